The molecule has 10 rings (SSSR count). The molecule has 1 aliphatic heterocycles. The molecular weight excluding hydrogens is 803 g/mol. The summed E-state index contributed by atoms with van der Waals surface area (Å²) in [6.45, 7) is 4.59. The molecule has 9 aromatic rings. The maximum absolute atomic E-state index is 13.7. The number of imidazole rings is 1. The van der Waals surface area contributed by atoms with E-state index in [0.29, 0.717) is 58.5 Å². The maximum atomic E-state index is 13.7. The summed E-state index contributed by atoms with van der Waals surface area (Å²) >= 11 is 0. The molecule has 12 nitrogen and oxygen atoms in total. The van der Waals surface area contributed by atoms with Crippen LogP contribution < -0.4 is 4.74 Å². The van der Waals surface area contributed by atoms with Crippen molar-refractivity contribution in [2.24, 2.45) is 0 Å². The van der Waals surface area contributed by atoms with E-state index in [0.717, 1.165) is 39.2 Å². The van der Waals surface area contributed by atoms with Crippen LogP contribution in [-0.4, -0.2) is 59.5 Å². The van der Waals surface area contributed by atoms with Gasteiger partial charge in [0.1, 0.15) is 17.9 Å². The summed E-state index contributed by atoms with van der Waals surface area (Å²) in [4.78, 5) is 30.8. The standard InChI is InChI=1S/C52H41N7O5/c1-3-62-51-53-44-25-15-24-43(49(60)63-31-30-46-41-22-13-14-23-42(41)50(61)64-46)47(44)58(51)34-36-26-28-40(29-27-36)57-33-35(2)32-45(57)48-54-55-56-59(48)52(37-16-7-4-8-17-37,38-18-9-5-10-19-38)39-20-11-6-12-21-39/h4-30,32-33H,3,31,34H2,1-2H3. The van der Waals surface area contributed by atoms with Gasteiger partial charge in [-0.3, -0.25) is 4.57 Å². The summed E-state index contributed by atoms with van der Waals surface area (Å²) < 4.78 is 23.1. The summed E-state index contributed by atoms with van der Waals surface area (Å²) in [5.41, 5.74) is 8.46. The van der Waals surface area contributed by atoms with Gasteiger partial charge in [0.05, 0.1) is 41.0 Å². The Hall–Kier alpha value is -8.38. The van der Waals surface area contributed by atoms with Crippen molar-refractivity contribution in [3.05, 3.63) is 221 Å². The molecule has 0 saturated heterocycles. The molecule has 0 radical (unpaired) electrons. The Morgan fingerprint density at radius 1 is 0.766 bits per heavy atom. The Kier molecular flexibility index (Phi) is 10.4. The summed E-state index contributed by atoms with van der Waals surface area (Å²) in [7, 11) is 0. The lowest BCUT2D eigenvalue weighted by molar-refractivity contribution is 0.0550. The number of tetrazole rings is 1. The number of nitrogens with zero attached hydrogens (tertiary/aromatic N) is 7. The van der Waals surface area contributed by atoms with Crippen LogP contribution in [0, 0.1) is 6.92 Å². The molecule has 6 aromatic carbocycles. The number of carbonyl (C=O) groups is 2. The van der Waals surface area contributed by atoms with E-state index < -0.39 is 17.5 Å². The SMILES string of the molecule is CCOc1nc2cccc(C(=O)OCC=C3OC(=O)c4ccccc43)c2n1Cc1ccc(-n2cc(C)cc2-c2nnnn2C(c2ccccc2)(c2ccccc2)c2ccccc2)cc1. The first-order valence-electron chi connectivity index (χ1n) is 21.0. The Labute approximate surface area is 368 Å². The molecule has 0 N–H and O–H groups in total. The molecule has 0 unspecified atom stereocenters. The molecule has 0 bridgehead atoms. The lowest BCUT2D eigenvalue weighted by Crippen LogP contribution is -2.39. The molecular formula is C52H41N7O5. The molecule has 0 saturated carbocycles. The van der Waals surface area contributed by atoms with Crippen molar-refractivity contribution in [3.63, 3.8) is 0 Å². The number of hydrogen-bond donors (Lipinski definition) is 0. The highest BCUT2D eigenvalue weighted by Gasteiger charge is 2.42. The molecule has 0 atom stereocenters. The first kappa shape index (κ1) is 39.7. The third-order valence-corrected chi connectivity index (χ3v) is 11.4. The highest BCUT2D eigenvalue weighted by Crippen LogP contribution is 2.42. The van der Waals surface area contributed by atoms with E-state index in [1.54, 1.807) is 36.4 Å². The number of esters is 2. The summed E-state index contributed by atoms with van der Waals surface area (Å²) in [5, 5.41) is 13.8. The monoisotopic (exact) mass is 843 g/mol. The number of ether oxygens (including phenoxy) is 3. The Morgan fingerprint density at radius 2 is 1.41 bits per heavy atom. The van der Waals surface area contributed by atoms with Crippen LogP contribution in [0.4, 0.5) is 0 Å². The predicted molar refractivity (Wildman–Crippen MR) is 242 cm³/mol. The number of fused-ring (bicyclic) bond motifs is 2. The van der Waals surface area contributed by atoms with Gasteiger partial charge in [-0.25, -0.2) is 14.3 Å². The number of benzene rings is 6. The first-order valence-corrected chi connectivity index (χ1v) is 21.0. The zero-order valence-electron chi connectivity index (χ0n) is 35.0. The molecule has 1 aliphatic rings. The average Bonchev–Trinajstić information content (AvgIpc) is 4.13. The zero-order valence-corrected chi connectivity index (χ0v) is 35.0. The highest BCUT2D eigenvalue weighted by molar-refractivity contribution is 6.04. The smallest absolute Gasteiger partial charge is 0.344 e. The molecule has 0 amide bonds. The maximum Gasteiger partial charge on any atom is 0.344 e. The van der Waals surface area contributed by atoms with E-state index in [1.165, 1.54) is 0 Å². The fraction of sp³-hybridized carbons (Fsp3) is 0.115. The molecule has 4 heterocycles. The van der Waals surface area contributed by atoms with Crippen molar-refractivity contribution in [3.8, 4) is 23.2 Å². The second-order valence-corrected chi connectivity index (χ2v) is 15.4. The molecule has 12 heteroatoms. The van der Waals surface area contributed by atoms with Crippen molar-refractivity contribution >= 4 is 28.7 Å². The van der Waals surface area contributed by atoms with Gasteiger partial charge >= 0.3 is 11.9 Å². The van der Waals surface area contributed by atoms with Crippen molar-refractivity contribution in [2.75, 3.05) is 13.2 Å². The highest BCUT2D eigenvalue weighted by atomic mass is 16.5. The van der Waals surface area contributed by atoms with Gasteiger partial charge < -0.3 is 18.8 Å². The number of hydrogen-bond acceptors (Lipinski definition) is 9. The van der Waals surface area contributed by atoms with Crippen LogP contribution in [0.5, 0.6) is 6.01 Å². The van der Waals surface area contributed by atoms with E-state index in [4.69, 9.17) is 29.5 Å². The van der Waals surface area contributed by atoms with E-state index in [2.05, 4.69) is 89.6 Å². The van der Waals surface area contributed by atoms with Crippen LogP contribution in [0.25, 0.3) is 34.0 Å². The van der Waals surface area contributed by atoms with Crippen molar-refractivity contribution < 1.29 is 23.8 Å². The quantitative estimate of drug-likeness (QED) is 0.0824. The van der Waals surface area contributed by atoms with Gasteiger partial charge in [-0.2, -0.15) is 4.98 Å². The molecule has 0 aliphatic carbocycles. The van der Waals surface area contributed by atoms with E-state index in [9.17, 15) is 9.59 Å². The number of para-hydroxylation sites is 1. The van der Waals surface area contributed by atoms with Crippen LogP contribution in [0.1, 0.15) is 61.0 Å². The summed E-state index contributed by atoms with van der Waals surface area (Å²) in [6.07, 6.45) is 3.68. The van der Waals surface area contributed by atoms with Gasteiger partial charge in [-0.05, 0) is 94.6 Å². The third-order valence-electron chi connectivity index (χ3n) is 11.4. The van der Waals surface area contributed by atoms with E-state index in [1.807, 2.05) is 82.9 Å². The molecule has 3 aromatic heterocycles. The minimum atomic E-state index is -0.916. The Balaban J connectivity index is 0.985. The Morgan fingerprint density at radius 3 is 2.06 bits per heavy atom. The molecule has 0 fully saturated rings. The predicted octanol–water partition coefficient (Wildman–Crippen LogP) is 9.44. The van der Waals surface area contributed by atoms with Crippen molar-refractivity contribution in [1.82, 2.24) is 34.3 Å². The number of carbonyl (C=O) groups excluding carboxylic acids is 2. The summed E-state index contributed by atoms with van der Waals surface area (Å²) in [5.74, 6) is -0.0337. The minimum absolute atomic E-state index is 0.0982. The third kappa shape index (κ3) is 7.00. The van der Waals surface area contributed by atoms with Crippen LogP contribution in [0.15, 0.2) is 176 Å². The molecule has 64 heavy (non-hydrogen) atoms. The van der Waals surface area contributed by atoms with Gasteiger partial charge in [0.25, 0.3) is 6.01 Å². The lowest BCUT2D eigenvalue weighted by atomic mass is 9.77. The molecule has 0 spiro atoms. The number of aryl methyl sites for hydroxylation is 1. The Bertz CT molecular complexity index is 3080. The first-order chi connectivity index (χ1) is 31.4. The van der Waals surface area contributed by atoms with Crippen LogP contribution in [-0.2, 0) is 21.6 Å². The second kappa shape index (κ2) is 16.8. The van der Waals surface area contributed by atoms with Crippen LogP contribution in [0.3, 0.4) is 0 Å². The second-order valence-electron chi connectivity index (χ2n) is 15.4. The van der Waals surface area contributed by atoms with Gasteiger partial charge in [0.15, 0.2) is 0 Å². The van der Waals surface area contributed by atoms with Gasteiger partial charge in [0, 0.05) is 17.4 Å². The fourth-order valence-corrected chi connectivity index (χ4v) is 8.63. The lowest BCUT2D eigenvalue weighted by Gasteiger charge is -2.36. The minimum Gasteiger partial charge on any atom is -0.465 e. The average molecular weight is 844 g/mol. The number of rotatable bonds is 13. The normalized spacial score (nSPS) is 13.0. The van der Waals surface area contributed by atoms with Gasteiger partial charge in [0.2, 0.25) is 5.82 Å². The van der Waals surface area contributed by atoms with Crippen LogP contribution >= 0.6 is 0 Å². The van der Waals surface area contributed by atoms with Crippen molar-refractivity contribution in [1.29, 1.82) is 0 Å². The van der Waals surface area contributed by atoms with E-state index >= 15 is 0 Å². The van der Waals surface area contributed by atoms with Gasteiger partial charge in [-0.15, -0.1) is 5.10 Å². The van der Waals surface area contributed by atoms with Crippen LogP contribution in [0.2, 0.25) is 0 Å². The van der Waals surface area contributed by atoms with E-state index in [-0.39, 0.29) is 6.61 Å². The summed E-state index contributed by atoms with van der Waals surface area (Å²) in [6, 6.07) is 54.1. The van der Waals surface area contributed by atoms with Crippen molar-refractivity contribution in [2.45, 2.75) is 25.9 Å². The zero-order chi connectivity index (χ0) is 43.6. The number of cyclic esters (lactones) is 1. The number of aromatic nitrogens is 7. The van der Waals surface area contributed by atoms with Gasteiger partial charge in [-0.1, -0.05) is 127 Å². The topological polar surface area (TPSA) is 128 Å². The largest absolute Gasteiger partial charge is 0.465 e. The molecule has 314 valence electrons. The fourth-order valence-electron chi connectivity index (χ4n) is 8.63.